The number of aryl methyl sites for hydroxylation is 1. The third-order valence-electron chi connectivity index (χ3n) is 4.74. The van der Waals surface area contributed by atoms with Crippen LogP contribution in [-0.2, 0) is 4.79 Å². The lowest BCUT2D eigenvalue weighted by Crippen LogP contribution is -2.21. The Kier molecular flexibility index (Phi) is 5.01. The van der Waals surface area contributed by atoms with Crippen molar-refractivity contribution >= 4 is 41.0 Å². The number of carbonyl (C=O) groups excluding carboxylic acids is 1. The molecule has 1 aliphatic rings. The van der Waals surface area contributed by atoms with Gasteiger partial charge in [-0.15, -0.1) is 0 Å². The Morgan fingerprint density at radius 3 is 2.53 bits per heavy atom. The zero-order valence-corrected chi connectivity index (χ0v) is 17.0. The molecular weight excluding hydrogens is 404 g/mol. The number of carboxylic acids is 1. The van der Waals surface area contributed by atoms with Gasteiger partial charge in [0.25, 0.3) is 5.91 Å². The molecule has 0 saturated carbocycles. The summed E-state index contributed by atoms with van der Waals surface area (Å²) >= 11 is 5.93. The van der Waals surface area contributed by atoms with Crippen molar-refractivity contribution in [2.24, 2.45) is 5.10 Å². The zero-order chi connectivity index (χ0) is 21.4. The molecule has 1 aromatic heterocycles. The average Bonchev–Trinajstić information content (AvgIpc) is 3.29. The van der Waals surface area contributed by atoms with E-state index in [9.17, 15) is 14.7 Å². The minimum atomic E-state index is -1.12. The van der Waals surface area contributed by atoms with E-state index in [0.29, 0.717) is 34.1 Å². The summed E-state index contributed by atoms with van der Waals surface area (Å²) in [5.74, 6) is -0.429. The summed E-state index contributed by atoms with van der Waals surface area (Å²) in [5.41, 5.74) is 3.37. The third kappa shape index (κ3) is 3.65. The molecule has 30 heavy (non-hydrogen) atoms. The van der Waals surface area contributed by atoms with Gasteiger partial charge in [0.15, 0.2) is 0 Å². The number of carbonyl (C=O) groups is 2. The van der Waals surface area contributed by atoms with Gasteiger partial charge in [-0.2, -0.15) is 10.1 Å². The Labute approximate surface area is 177 Å². The molecule has 2 aromatic carbocycles. The lowest BCUT2D eigenvalue weighted by atomic mass is 10.1. The molecule has 1 N–H and O–H groups in total. The first-order chi connectivity index (χ1) is 14.3. The molecule has 150 valence electrons. The van der Waals surface area contributed by atoms with Crippen molar-refractivity contribution in [3.63, 3.8) is 0 Å². The zero-order valence-electron chi connectivity index (χ0n) is 16.2. The lowest BCUT2D eigenvalue weighted by Gasteiger charge is -2.11. The number of carboxylic acid groups (broad SMARTS) is 1. The van der Waals surface area contributed by atoms with Crippen LogP contribution in [0.15, 0.2) is 69.7 Å². The highest BCUT2D eigenvalue weighted by atomic mass is 35.5. The summed E-state index contributed by atoms with van der Waals surface area (Å²) in [6.45, 7) is 3.74. The van der Waals surface area contributed by atoms with Gasteiger partial charge in [-0.25, -0.2) is 4.79 Å². The maximum atomic E-state index is 12.9. The van der Waals surface area contributed by atoms with Gasteiger partial charge in [0.2, 0.25) is 0 Å². The predicted molar refractivity (Wildman–Crippen MR) is 116 cm³/mol. The number of benzene rings is 2. The monoisotopic (exact) mass is 420 g/mol. The number of amides is 1. The van der Waals surface area contributed by atoms with E-state index in [0.717, 1.165) is 5.56 Å². The van der Waals surface area contributed by atoms with Gasteiger partial charge in [0.1, 0.15) is 11.5 Å². The highest BCUT2D eigenvalue weighted by molar-refractivity contribution is 6.33. The van der Waals surface area contributed by atoms with Gasteiger partial charge in [0.05, 0.1) is 27.6 Å². The molecule has 0 spiro atoms. The van der Waals surface area contributed by atoms with E-state index in [1.807, 2.05) is 31.2 Å². The third-order valence-corrected chi connectivity index (χ3v) is 5.07. The quantitative estimate of drug-likeness (QED) is 0.572. The smallest absolute Gasteiger partial charge is 0.337 e. The molecule has 1 amide bonds. The SMILES string of the molecule is CC1=NN(c2ccc(C)cc2)C(=O)/C1=C\c1ccc(-c2ccc(Cl)c(C(=O)O)c2)o1. The van der Waals surface area contributed by atoms with Crippen LogP contribution in [0.5, 0.6) is 0 Å². The summed E-state index contributed by atoms with van der Waals surface area (Å²) in [7, 11) is 0. The fourth-order valence-electron chi connectivity index (χ4n) is 3.12. The van der Waals surface area contributed by atoms with E-state index in [1.165, 1.54) is 17.1 Å². The second kappa shape index (κ2) is 7.65. The molecule has 3 aromatic rings. The van der Waals surface area contributed by atoms with Crippen LogP contribution >= 0.6 is 11.6 Å². The predicted octanol–water partition coefficient (Wildman–Crippen LogP) is 5.41. The molecule has 2 heterocycles. The van der Waals surface area contributed by atoms with Gasteiger partial charge in [-0.3, -0.25) is 4.79 Å². The van der Waals surface area contributed by atoms with Crippen molar-refractivity contribution in [3.05, 3.63) is 82.1 Å². The molecule has 0 unspecified atom stereocenters. The van der Waals surface area contributed by atoms with Crippen LogP contribution in [0, 0.1) is 6.92 Å². The fourth-order valence-corrected chi connectivity index (χ4v) is 3.31. The molecule has 7 heteroatoms. The van der Waals surface area contributed by atoms with Gasteiger partial charge in [-0.1, -0.05) is 29.3 Å². The molecule has 0 aliphatic carbocycles. The Bertz CT molecular complexity index is 1220. The van der Waals surface area contributed by atoms with Crippen molar-refractivity contribution in [2.75, 3.05) is 5.01 Å². The molecule has 4 rings (SSSR count). The van der Waals surface area contributed by atoms with Crippen LogP contribution in [-0.4, -0.2) is 22.7 Å². The first-order valence-electron chi connectivity index (χ1n) is 9.15. The van der Waals surface area contributed by atoms with Crippen LogP contribution in [0.3, 0.4) is 0 Å². The minimum Gasteiger partial charge on any atom is -0.478 e. The lowest BCUT2D eigenvalue weighted by molar-refractivity contribution is -0.114. The van der Waals surface area contributed by atoms with Gasteiger partial charge < -0.3 is 9.52 Å². The minimum absolute atomic E-state index is 0.00633. The number of hydrogen-bond donors (Lipinski definition) is 1. The fraction of sp³-hybridized carbons (Fsp3) is 0.0870. The number of halogens is 1. The number of hydrogen-bond acceptors (Lipinski definition) is 4. The Morgan fingerprint density at radius 1 is 1.10 bits per heavy atom. The molecule has 0 atom stereocenters. The van der Waals surface area contributed by atoms with Crippen molar-refractivity contribution < 1.29 is 19.1 Å². The second-order valence-electron chi connectivity index (χ2n) is 6.90. The number of nitrogens with zero attached hydrogens (tertiary/aromatic N) is 2. The van der Waals surface area contributed by atoms with Gasteiger partial charge in [-0.05, 0) is 62.4 Å². The molecule has 0 saturated heterocycles. The summed E-state index contributed by atoms with van der Waals surface area (Å²) < 4.78 is 5.82. The normalized spacial score (nSPS) is 15.0. The van der Waals surface area contributed by atoms with Gasteiger partial charge in [0, 0.05) is 5.56 Å². The van der Waals surface area contributed by atoms with Crippen LogP contribution in [0.4, 0.5) is 5.69 Å². The summed E-state index contributed by atoms with van der Waals surface area (Å²) in [4.78, 5) is 24.2. The van der Waals surface area contributed by atoms with Crippen molar-refractivity contribution in [1.29, 1.82) is 0 Å². The molecule has 1 aliphatic heterocycles. The maximum absolute atomic E-state index is 12.9. The molecular formula is C23H17ClN2O4. The van der Waals surface area contributed by atoms with E-state index >= 15 is 0 Å². The first kappa shape index (κ1) is 19.7. The number of hydrazone groups is 1. The molecule has 6 nitrogen and oxygen atoms in total. The van der Waals surface area contributed by atoms with Crippen LogP contribution in [0.1, 0.15) is 28.6 Å². The first-order valence-corrected chi connectivity index (χ1v) is 9.53. The highest BCUT2D eigenvalue weighted by Crippen LogP contribution is 2.29. The maximum Gasteiger partial charge on any atom is 0.337 e. The van der Waals surface area contributed by atoms with E-state index in [1.54, 1.807) is 31.2 Å². The summed E-state index contributed by atoms with van der Waals surface area (Å²) in [6, 6.07) is 15.6. The van der Waals surface area contributed by atoms with Crippen LogP contribution in [0.2, 0.25) is 5.02 Å². The molecule has 0 fully saturated rings. The topological polar surface area (TPSA) is 83.1 Å². The molecule has 0 bridgehead atoms. The van der Waals surface area contributed by atoms with E-state index in [2.05, 4.69) is 5.10 Å². The number of anilines is 1. The van der Waals surface area contributed by atoms with Crippen molar-refractivity contribution in [2.45, 2.75) is 13.8 Å². The van der Waals surface area contributed by atoms with E-state index in [4.69, 9.17) is 16.0 Å². The Morgan fingerprint density at radius 2 is 1.83 bits per heavy atom. The van der Waals surface area contributed by atoms with Gasteiger partial charge >= 0.3 is 5.97 Å². The van der Waals surface area contributed by atoms with Crippen LogP contribution < -0.4 is 5.01 Å². The molecule has 0 radical (unpaired) electrons. The number of aromatic carboxylic acids is 1. The summed E-state index contributed by atoms with van der Waals surface area (Å²) in [6.07, 6.45) is 1.63. The Hall–Kier alpha value is -3.64. The van der Waals surface area contributed by atoms with E-state index in [-0.39, 0.29) is 16.5 Å². The van der Waals surface area contributed by atoms with Crippen molar-refractivity contribution in [1.82, 2.24) is 0 Å². The Balaban J connectivity index is 1.62. The number of furan rings is 1. The largest absolute Gasteiger partial charge is 0.478 e. The van der Waals surface area contributed by atoms with E-state index < -0.39 is 5.97 Å². The standard InChI is InChI=1S/C23H17ClN2O4/c1-13-3-6-16(7-4-13)26-22(27)18(14(2)25-26)12-17-8-10-21(30-17)15-5-9-20(24)19(11-15)23(28)29/h3-12H,1-2H3,(H,28,29)/b18-12-. The second-order valence-corrected chi connectivity index (χ2v) is 7.30. The van der Waals surface area contributed by atoms with Crippen LogP contribution in [0.25, 0.3) is 17.4 Å². The summed E-state index contributed by atoms with van der Waals surface area (Å²) in [5, 5.41) is 15.1. The number of rotatable bonds is 4. The average molecular weight is 421 g/mol. The van der Waals surface area contributed by atoms with Crippen molar-refractivity contribution in [3.8, 4) is 11.3 Å². The highest BCUT2D eigenvalue weighted by Gasteiger charge is 2.29.